The molecule has 1 saturated carbocycles. The van der Waals surface area contributed by atoms with Crippen LogP contribution in [0.1, 0.15) is 37.2 Å². The van der Waals surface area contributed by atoms with Gasteiger partial charge in [0.1, 0.15) is 23.5 Å². The van der Waals surface area contributed by atoms with E-state index in [4.69, 9.17) is 21.1 Å². The van der Waals surface area contributed by atoms with Crippen LogP contribution in [0.4, 0.5) is 0 Å². The number of halogens is 1. The van der Waals surface area contributed by atoms with Gasteiger partial charge in [-0.15, -0.1) is 0 Å². The lowest BCUT2D eigenvalue weighted by Gasteiger charge is -2.31. The molecule has 3 aliphatic rings. The van der Waals surface area contributed by atoms with E-state index in [-0.39, 0.29) is 41.4 Å². The number of carbonyl (C=O) groups is 4. The van der Waals surface area contributed by atoms with E-state index in [1.54, 1.807) is 30.2 Å². The number of carbonyl (C=O) groups excluding carboxylic acids is 4. The summed E-state index contributed by atoms with van der Waals surface area (Å²) in [6, 6.07) is 3.35. The topological polar surface area (TPSA) is 130 Å². The van der Waals surface area contributed by atoms with Crippen molar-refractivity contribution in [3.8, 4) is 5.75 Å². The number of piperidine rings is 1. The summed E-state index contributed by atoms with van der Waals surface area (Å²) in [6.45, 7) is 5.12. The number of aromatic amines is 1. The first-order chi connectivity index (χ1) is 17.6. The van der Waals surface area contributed by atoms with Crippen molar-refractivity contribution in [1.82, 2.24) is 20.5 Å². The number of hydrogen-bond acceptors (Lipinski definition) is 6. The van der Waals surface area contributed by atoms with Crippen LogP contribution in [-0.2, 0) is 19.1 Å². The molecule has 0 spiro atoms. The second-order valence-electron chi connectivity index (χ2n) is 10.7. The maximum atomic E-state index is 13.7. The quantitative estimate of drug-likeness (QED) is 0.470. The van der Waals surface area contributed by atoms with Gasteiger partial charge in [0, 0.05) is 24.4 Å². The van der Waals surface area contributed by atoms with Crippen LogP contribution in [-0.4, -0.2) is 73.0 Å². The lowest BCUT2D eigenvalue weighted by Crippen LogP contribution is -2.54. The summed E-state index contributed by atoms with van der Waals surface area (Å²) >= 11 is 6.34. The largest absolute Gasteiger partial charge is 0.496 e. The highest BCUT2D eigenvalue weighted by molar-refractivity contribution is 6.35. The maximum Gasteiger partial charge on any atom is 0.328 e. The van der Waals surface area contributed by atoms with Gasteiger partial charge >= 0.3 is 5.97 Å². The zero-order valence-electron chi connectivity index (χ0n) is 21.2. The first-order valence-electron chi connectivity index (χ1n) is 12.4. The molecule has 11 heteroatoms. The third-order valence-corrected chi connectivity index (χ3v) is 8.69. The summed E-state index contributed by atoms with van der Waals surface area (Å²) < 4.78 is 10.3. The van der Waals surface area contributed by atoms with Gasteiger partial charge in [0.05, 0.1) is 24.8 Å². The molecule has 37 heavy (non-hydrogen) atoms. The van der Waals surface area contributed by atoms with Crippen molar-refractivity contribution in [1.29, 1.82) is 0 Å². The van der Waals surface area contributed by atoms with Gasteiger partial charge in [-0.3, -0.25) is 14.4 Å². The van der Waals surface area contributed by atoms with Gasteiger partial charge < -0.3 is 30.0 Å². The van der Waals surface area contributed by atoms with Crippen LogP contribution in [0, 0.1) is 23.2 Å². The van der Waals surface area contributed by atoms with Crippen molar-refractivity contribution in [2.45, 2.75) is 38.8 Å². The number of nitrogens with zero attached hydrogens (tertiary/aromatic N) is 1. The normalized spacial score (nSPS) is 26.4. The standard InChI is InChI=1S/C26H31ClN4O6/c1-26(2)14-11-31(24(34)16-10-13-18(36-3)6-5-15(27)20(13)29-16)21(19(14)26)23(33)30-17(25(35)37-4)9-12-7-8-28-22(12)32/h5-6,10,12,14,17,19,21,29H,7-9,11H2,1-4H3,(H,28,32)(H,30,33)/t12-,14-,17-,19-,21-/m0/s1. The van der Waals surface area contributed by atoms with Crippen molar-refractivity contribution in [3.05, 3.63) is 28.9 Å². The summed E-state index contributed by atoms with van der Waals surface area (Å²) in [5, 5.41) is 6.67. The highest BCUT2D eigenvalue weighted by atomic mass is 35.5. The molecule has 5 rings (SSSR count). The monoisotopic (exact) mass is 530 g/mol. The van der Waals surface area contributed by atoms with E-state index < -0.39 is 24.0 Å². The number of benzene rings is 1. The molecule has 3 amide bonds. The van der Waals surface area contributed by atoms with Crippen LogP contribution in [0.5, 0.6) is 5.75 Å². The third-order valence-electron chi connectivity index (χ3n) is 8.38. The van der Waals surface area contributed by atoms with Crippen molar-refractivity contribution in [2.75, 3.05) is 27.3 Å². The Bertz CT molecular complexity index is 1290. The molecule has 1 aliphatic carbocycles. The van der Waals surface area contributed by atoms with E-state index in [2.05, 4.69) is 29.5 Å². The Morgan fingerprint density at radius 2 is 2.03 bits per heavy atom. The number of rotatable bonds is 7. The number of hydrogen-bond donors (Lipinski definition) is 3. The number of likely N-dealkylation sites (tertiary alicyclic amines) is 1. The molecular weight excluding hydrogens is 500 g/mol. The van der Waals surface area contributed by atoms with Crippen LogP contribution < -0.4 is 15.4 Å². The van der Waals surface area contributed by atoms with Gasteiger partial charge in [-0.25, -0.2) is 4.79 Å². The van der Waals surface area contributed by atoms with Crippen LogP contribution in [0.2, 0.25) is 5.02 Å². The first kappa shape index (κ1) is 25.4. The highest BCUT2D eigenvalue weighted by Gasteiger charge is 2.69. The van der Waals surface area contributed by atoms with Gasteiger partial charge in [-0.05, 0) is 48.3 Å². The average Bonchev–Trinajstić information content (AvgIpc) is 3.40. The number of nitrogens with one attached hydrogen (secondary N) is 3. The van der Waals surface area contributed by atoms with Crippen LogP contribution in [0.3, 0.4) is 0 Å². The van der Waals surface area contributed by atoms with Crippen molar-refractivity contribution in [2.24, 2.45) is 23.2 Å². The fourth-order valence-electron chi connectivity index (χ4n) is 6.17. The van der Waals surface area contributed by atoms with Crippen LogP contribution in [0.25, 0.3) is 10.9 Å². The second kappa shape index (κ2) is 9.24. The fraction of sp³-hybridized carbons (Fsp3) is 0.538. The van der Waals surface area contributed by atoms with Gasteiger partial charge in [-0.2, -0.15) is 0 Å². The molecule has 3 N–H and O–H groups in total. The SMILES string of the molecule is COC(=O)[C@H](C[C@@H]1CCNC1=O)NC(=O)[C@@H]1[C@@H]2[C@H](CN1C(=O)c1cc3c(OC)ccc(Cl)c3[nH]1)C2(C)C. The molecule has 10 nitrogen and oxygen atoms in total. The average molecular weight is 531 g/mol. The molecule has 1 aromatic heterocycles. The zero-order chi connectivity index (χ0) is 26.6. The first-order valence-corrected chi connectivity index (χ1v) is 12.8. The van der Waals surface area contributed by atoms with Crippen molar-refractivity contribution >= 4 is 46.2 Å². The Kier molecular flexibility index (Phi) is 6.34. The second-order valence-corrected chi connectivity index (χ2v) is 11.1. The Balaban J connectivity index is 1.41. The van der Waals surface area contributed by atoms with Gasteiger partial charge in [0.2, 0.25) is 11.8 Å². The van der Waals surface area contributed by atoms with E-state index in [9.17, 15) is 19.2 Å². The molecule has 0 bridgehead atoms. The molecule has 2 aromatic rings. The lowest BCUT2D eigenvalue weighted by atomic mass is 9.96. The number of aromatic nitrogens is 1. The molecule has 198 valence electrons. The third kappa shape index (κ3) is 4.21. The van der Waals surface area contributed by atoms with Crippen molar-refractivity contribution < 1.29 is 28.7 Å². The van der Waals surface area contributed by atoms with E-state index in [0.717, 1.165) is 0 Å². The van der Waals surface area contributed by atoms with E-state index in [1.165, 1.54) is 7.11 Å². The van der Waals surface area contributed by atoms with Crippen molar-refractivity contribution in [3.63, 3.8) is 0 Å². The number of fused-ring (bicyclic) bond motifs is 2. The predicted octanol–water partition coefficient (Wildman–Crippen LogP) is 2.11. The van der Waals surface area contributed by atoms with Gasteiger partial charge in [-0.1, -0.05) is 25.4 Å². The van der Waals surface area contributed by atoms with Gasteiger partial charge in [0.25, 0.3) is 5.91 Å². The van der Waals surface area contributed by atoms with E-state index in [0.29, 0.717) is 46.9 Å². The van der Waals surface area contributed by atoms with E-state index >= 15 is 0 Å². The number of amides is 3. The Morgan fingerprint density at radius 3 is 2.68 bits per heavy atom. The molecule has 3 fully saturated rings. The number of ether oxygens (including phenoxy) is 2. The zero-order valence-corrected chi connectivity index (χ0v) is 22.0. The van der Waals surface area contributed by atoms with Gasteiger partial charge in [0.15, 0.2) is 0 Å². The summed E-state index contributed by atoms with van der Waals surface area (Å²) in [4.78, 5) is 56.7. The Hall–Kier alpha value is -3.27. The summed E-state index contributed by atoms with van der Waals surface area (Å²) in [5.74, 6) is -1.22. The predicted molar refractivity (Wildman–Crippen MR) is 135 cm³/mol. The number of H-pyrrole nitrogens is 1. The minimum absolute atomic E-state index is 0.0490. The molecule has 2 saturated heterocycles. The summed E-state index contributed by atoms with van der Waals surface area (Å²) in [7, 11) is 2.79. The lowest BCUT2D eigenvalue weighted by molar-refractivity contribution is -0.146. The van der Waals surface area contributed by atoms with E-state index in [1.807, 2.05) is 0 Å². The Morgan fingerprint density at radius 1 is 1.27 bits per heavy atom. The smallest absolute Gasteiger partial charge is 0.328 e. The molecule has 5 atom stereocenters. The minimum Gasteiger partial charge on any atom is -0.496 e. The number of methoxy groups -OCH3 is 2. The minimum atomic E-state index is -0.986. The summed E-state index contributed by atoms with van der Waals surface area (Å²) in [5.41, 5.74) is 0.763. The fourth-order valence-corrected chi connectivity index (χ4v) is 6.38. The molecule has 2 aliphatic heterocycles. The maximum absolute atomic E-state index is 13.7. The highest BCUT2D eigenvalue weighted by Crippen LogP contribution is 2.65. The molecular formula is C26H31ClN4O6. The Labute approximate surface area is 219 Å². The van der Waals surface area contributed by atoms with Crippen LogP contribution in [0.15, 0.2) is 18.2 Å². The molecule has 3 heterocycles. The molecule has 0 radical (unpaired) electrons. The molecule has 1 aromatic carbocycles. The molecule has 0 unspecified atom stereocenters. The summed E-state index contributed by atoms with van der Waals surface area (Å²) in [6.07, 6.45) is 0.725. The van der Waals surface area contributed by atoms with Crippen LogP contribution >= 0.6 is 11.6 Å². The number of esters is 1.